The van der Waals surface area contributed by atoms with Crippen LogP contribution in [0.25, 0.3) is 10.8 Å². The largest absolute Gasteiger partial charge is 0.491 e. The topological polar surface area (TPSA) is 115 Å². The minimum Gasteiger partial charge on any atom is -0.462 e. The first kappa shape index (κ1) is 33.2. The molecular weight excluding hydrogens is 663 g/mol. The van der Waals surface area contributed by atoms with Crippen molar-refractivity contribution in [3.05, 3.63) is 52.7 Å². The van der Waals surface area contributed by atoms with Crippen molar-refractivity contribution in [2.75, 3.05) is 49.6 Å². The fourth-order valence-electron chi connectivity index (χ4n) is 7.96. The second kappa shape index (κ2) is 12.8. The number of fused-ring (bicyclic) bond motifs is 4. The van der Waals surface area contributed by atoms with Gasteiger partial charge in [0.1, 0.15) is 12.4 Å². The van der Waals surface area contributed by atoms with E-state index in [2.05, 4.69) is 27.7 Å². The van der Waals surface area contributed by atoms with Crippen molar-refractivity contribution < 1.29 is 32.2 Å². The second-order valence-electron chi connectivity index (χ2n) is 13.3. The monoisotopic (exact) mass is 697 g/mol. The summed E-state index contributed by atoms with van der Waals surface area (Å²) in [5.74, 6) is -1.97. The van der Waals surface area contributed by atoms with Gasteiger partial charge in [0.25, 0.3) is 0 Å². The first-order chi connectivity index (χ1) is 23.5. The maximum absolute atomic E-state index is 13.0. The maximum Gasteiger partial charge on any atom is 0.491 e. The van der Waals surface area contributed by atoms with Gasteiger partial charge in [-0.15, -0.1) is 0 Å². The van der Waals surface area contributed by atoms with E-state index in [1.165, 1.54) is 4.90 Å². The Bertz CT molecular complexity index is 1830. The van der Waals surface area contributed by atoms with Crippen molar-refractivity contribution in [3.8, 4) is 12.1 Å². The molecule has 0 radical (unpaired) electrons. The van der Waals surface area contributed by atoms with Crippen LogP contribution in [0.1, 0.15) is 43.4 Å². The molecule has 1 amide bonds. The number of carbonyl (C=O) groups is 2. The minimum absolute atomic E-state index is 0.114. The molecule has 3 atom stereocenters. The fraction of sp³-hybridized carbons (Fsp3) is 0.500. The van der Waals surface area contributed by atoms with E-state index in [4.69, 9.17) is 26.3 Å². The average Bonchev–Trinajstić information content (AvgIpc) is 3.59. The number of amides is 1. The van der Waals surface area contributed by atoms with E-state index in [1.807, 2.05) is 41.3 Å². The number of esters is 1. The molecule has 49 heavy (non-hydrogen) atoms. The summed E-state index contributed by atoms with van der Waals surface area (Å²) in [6, 6.07) is 13.8. The summed E-state index contributed by atoms with van der Waals surface area (Å²) in [6.45, 7) is 2.82. The van der Waals surface area contributed by atoms with Crippen LogP contribution in [0.15, 0.2) is 36.4 Å². The third kappa shape index (κ3) is 6.18. The van der Waals surface area contributed by atoms with Crippen molar-refractivity contribution in [1.29, 1.82) is 5.26 Å². The van der Waals surface area contributed by atoms with E-state index < -0.39 is 29.8 Å². The van der Waals surface area contributed by atoms with Crippen LogP contribution in [-0.2, 0) is 22.5 Å². The summed E-state index contributed by atoms with van der Waals surface area (Å²) in [6.07, 6.45) is -3.44. The molecule has 0 spiro atoms. The molecule has 11 nitrogen and oxygen atoms in total. The van der Waals surface area contributed by atoms with Crippen LogP contribution in [-0.4, -0.2) is 95.5 Å². The zero-order chi connectivity index (χ0) is 34.5. The number of halogens is 4. The number of aromatic nitrogens is 2. The highest BCUT2D eigenvalue weighted by Crippen LogP contribution is 2.45. The molecule has 15 heteroatoms. The van der Waals surface area contributed by atoms with Gasteiger partial charge in [-0.2, -0.15) is 28.4 Å². The summed E-state index contributed by atoms with van der Waals surface area (Å²) >= 11 is 6.69. The lowest BCUT2D eigenvalue weighted by Gasteiger charge is -2.48. The molecule has 7 rings (SSSR count). The van der Waals surface area contributed by atoms with Gasteiger partial charge in [0.05, 0.1) is 41.3 Å². The van der Waals surface area contributed by atoms with E-state index in [-0.39, 0.29) is 31.6 Å². The number of piperazine rings is 1. The standard InChI is InChI=1S/C34H35ClF3N7O4/c1-42-15-4-7-23(42)19-48-31-40-26-18-43(27-9-3-6-21-5-2-8-25(35)28(21)27)16-11-24(26)29(41-31)44-17-22-10-12-33(20-44,13-14-39)45(22)32(47)49-30(46)34(36,37)38/h2-3,5-6,8-9,22-23H,4,7,10-13,15-20H2,1H3/t22-,23+,33-/m1/s1. The lowest BCUT2D eigenvalue weighted by Crippen LogP contribution is -2.64. The molecule has 1 aromatic heterocycles. The number of benzene rings is 2. The van der Waals surface area contributed by atoms with Gasteiger partial charge in [0.2, 0.25) is 0 Å². The lowest BCUT2D eigenvalue weighted by atomic mass is 9.91. The number of nitriles is 1. The quantitative estimate of drug-likeness (QED) is 0.242. The van der Waals surface area contributed by atoms with Crippen molar-refractivity contribution in [2.45, 2.75) is 68.9 Å². The first-order valence-corrected chi connectivity index (χ1v) is 16.7. The predicted molar refractivity (Wildman–Crippen MR) is 174 cm³/mol. The third-order valence-electron chi connectivity index (χ3n) is 10.3. The molecule has 3 aromatic rings. The summed E-state index contributed by atoms with van der Waals surface area (Å²) in [7, 11) is 2.06. The summed E-state index contributed by atoms with van der Waals surface area (Å²) in [5.41, 5.74) is 1.49. The van der Waals surface area contributed by atoms with Gasteiger partial charge in [-0.05, 0) is 63.2 Å². The van der Waals surface area contributed by atoms with Gasteiger partial charge in [0, 0.05) is 42.3 Å². The van der Waals surface area contributed by atoms with Crippen LogP contribution in [0.2, 0.25) is 5.02 Å². The molecule has 0 saturated carbocycles. The zero-order valence-corrected chi connectivity index (χ0v) is 27.6. The highest BCUT2D eigenvalue weighted by Gasteiger charge is 2.56. The Morgan fingerprint density at radius 2 is 1.92 bits per heavy atom. The Morgan fingerprint density at radius 3 is 2.65 bits per heavy atom. The van der Waals surface area contributed by atoms with Gasteiger partial charge in [-0.25, -0.2) is 9.59 Å². The lowest BCUT2D eigenvalue weighted by molar-refractivity contribution is -0.194. The normalized spacial score (nSPS) is 23.8. The predicted octanol–water partition coefficient (Wildman–Crippen LogP) is 5.48. The van der Waals surface area contributed by atoms with Crippen LogP contribution in [0, 0.1) is 11.3 Å². The van der Waals surface area contributed by atoms with E-state index in [9.17, 15) is 28.0 Å². The summed E-state index contributed by atoms with van der Waals surface area (Å²) < 4.78 is 49.5. The maximum atomic E-state index is 13.0. The number of likely N-dealkylation sites (tertiary alicyclic amines) is 1. The molecule has 3 fully saturated rings. The van der Waals surface area contributed by atoms with Crippen LogP contribution in [0.5, 0.6) is 6.01 Å². The summed E-state index contributed by atoms with van der Waals surface area (Å²) in [4.78, 5) is 42.1. The number of likely N-dealkylation sites (N-methyl/N-ethyl adjacent to an activating group) is 1. The van der Waals surface area contributed by atoms with Crippen molar-refractivity contribution in [3.63, 3.8) is 0 Å². The van der Waals surface area contributed by atoms with Crippen molar-refractivity contribution in [2.24, 2.45) is 0 Å². The Hall–Kier alpha value is -4.35. The number of ether oxygens (including phenoxy) is 2. The number of hydrogen-bond donors (Lipinski definition) is 0. The van der Waals surface area contributed by atoms with E-state index >= 15 is 0 Å². The number of alkyl halides is 3. The van der Waals surface area contributed by atoms with Gasteiger partial charge in [-0.1, -0.05) is 35.9 Å². The molecule has 258 valence electrons. The molecule has 2 aromatic carbocycles. The molecular formula is C34H35ClF3N7O4. The van der Waals surface area contributed by atoms with Gasteiger partial charge < -0.3 is 24.2 Å². The highest BCUT2D eigenvalue weighted by atomic mass is 35.5. The van der Waals surface area contributed by atoms with Gasteiger partial charge in [0.15, 0.2) is 0 Å². The zero-order valence-electron chi connectivity index (χ0n) is 26.9. The molecule has 3 saturated heterocycles. The number of hydrogen-bond acceptors (Lipinski definition) is 10. The smallest absolute Gasteiger partial charge is 0.462 e. The highest BCUT2D eigenvalue weighted by molar-refractivity contribution is 6.36. The molecule has 0 aliphatic carbocycles. The number of carbonyl (C=O) groups excluding carboxylic acids is 2. The minimum atomic E-state index is -5.33. The average molecular weight is 698 g/mol. The fourth-order valence-corrected chi connectivity index (χ4v) is 8.24. The van der Waals surface area contributed by atoms with Crippen molar-refractivity contribution in [1.82, 2.24) is 19.8 Å². The molecule has 0 N–H and O–H groups in total. The van der Waals surface area contributed by atoms with Crippen molar-refractivity contribution >= 4 is 45.9 Å². The molecule has 4 aliphatic heterocycles. The Kier molecular flexibility index (Phi) is 8.69. The van der Waals surface area contributed by atoms with E-state index in [1.54, 1.807) is 0 Å². The van der Waals surface area contributed by atoms with Gasteiger partial charge >= 0.3 is 24.2 Å². The van der Waals surface area contributed by atoms with Crippen LogP contribution >= 0.6 is 11.6 Å². The number of nitrogens with zero attached hydrogens (tertiary/aromatic N) is 7. The molecule has 0 unspecified atom stereocenters. The Labute approximate surface area is 286 Å². The van der Waals surface area contributed by atoms with Crippen LogP contribution < -0.4 is 14.5 Å². The molecule has 2 bridgehead atoms. The first-order valence-electron chi connectivity index (χ1n) is 16.4. The Balaban J connectivity index is 1.23. The third-order valence-corrected chi connectivity index (χ3v) is 10.6. The van der Waals surface area contributed by atoms with E-state index in [0.717, 1.165) is 47.1 Å². The second-order valence-corrected chi connectivity index (χ2v) is 13.7. The number of rotatable bonds is 6. The molecule has 5 heterocycles. The number of anilines is 2. The molecule has 4 aliphatic rings. The van der Waals surface area contributed by atoms with Crippen LogP contribution in [0.4, 0.5) is 29.5 Å². The van der Waals surface area contributed by atoms with E-state index in [0.29, 0.717) is 49.8 Å². The Morgan fingerprint density at radius 1 is 1.12 bits per heavy atom. The summed E-state index contributed by atoms with van der Waals surface area (Å²) in [5, 5.41) is 12.4. The van der Waals surface area contributed by atoms with Gasteiger partial charge in [-0.3, -0.25) is 4.90 Å². The SMILES string of the molecule is CN1CCC[C@H]1COc1nc2c(c(N3C[C@H]4CC[C@@](CC#N)(C3)N4C(=O)OC(=O)C(F)(F)F)n1)CCN(c1cccc3cccc(Cl)c13)C2. The van der Waals surface area contributed by atoms with Crippen LogP contribution in [0.3, 0.4) is 0 Å².